The van der Waals surface area contributed by atoms with Crippen molar-refractivity contribution in [2.75, 3.05) is 0 Å². The molecule has 318 valence electrons. The van der Waals surface area contributed by atoms with Gasteiger partial charge < -0.3 is 9.13 Å². The predicted molar refractivity (Wildman–Crippen MR) is 283 cm³/mol. The van der Waals surface area contributed by atoms with Crippen LogP contribution in [0.2, 0.25) is 0 Å². The van der Waals surface area contributed by atoms with Crippen molar-refractivity contribution in [2.24, 2.45) is 0 Å². The van der Waals surface area contributed by atoms with Crippen LogP contribution < -0.4 is 0 Å². The zero-order valence-corrected chi connectivity index (χ0v) is 37.0. The van der Waals surface area contributed by atoms with Gasteiger partial charge >= 0.3 is 0 Å². The summed E-state index contributed by atoms with van der Waals surface area (Å²) in [6.07, 6.45) is 0. The predicted octanol–water partition coefficient (Wildman–Crippen LogP) is 16.7. The molecule has 68 heavy (non-hydrogen) atoms. The number of aromatic nitrogens is 4. The third-order valence-electron chi connectivity index (χ3n) is 13.3. The number of fused-ring (bicyclic) bond motifs is 6. The highest BCUT2D eigenvalue weighted by molar-refractivity contribution is 6.14. The molecule has 3 heterocycles. The number of rotatable bonds is 8. The first kappa shape index (κ1) is 39.3. The highest BCUT2D eigenvalue weighted by Crippen LogP contribution is 2.41. The minimum Gasteiger partial charge on any atom is -0.309 e. The average molecular weight is 867 g/mol. The second kappa shape index (κ2) is 16.4. The van der Waals surface area contributed by atoms with E-state index in [1.54, 1.807) is 0 Å². The molecule has 0 aliphatic carbocycles. The molecule has 0 N–H and O–H groups in total. The van der Waals surface area contributed by atoms with Crippen LogP contribution in [-0.4, -0.2) is 19.1 Å². The molecule has 0 aliphatic rings. The van der Waals surface area contributed by atoms with Gasteiger partial charge in [-0.1, -0.05) is 164 Å². The maximum Gasteiger partial charge on any atom is 0.160 e. The smallest absolute Gasteiger partial charge is 0.160 e. The Morgan fingerprint density at radius 3 is 0.882 bits per heavy atom. The van der Waals surface area contributed by atoms with E-state index in [0.29, 0.717) is 5.82 Å². The first-order valence-corrected chi connectivity index (χ1v) is 23.1. The summed E-state index contributed by atoms with van der Waals surface area (Å²) >= 11 is 0. The first-order chi connectivity index (χ1) is 33.7. The first-order valence-electron chi connectivity index (χ1n) is 23.1. The van der Waals surface area contributed by atoms with Crippen molar-refractivity contribution in [3.05, 3.63) is 255 Å². The largest absolute Gasteiger partial charge is 0.309 e. The van der Waals surface area contributed by atoms with Gasteiger partial charge in [0.05, 0.1) is 33.5 Å². The van der Waals surface area contributed by atoms with Gasteiger partial charge in [-0.25, -0.2) is 9.97 Å². The molecule has 0 radical (unpaired) electrons. The lowest BCUT2D eigenvalue weighted by Gasteiger charge is -2.12. The molecule has 0 amide bonds. The van der Waals surface area contributed by atoms with Gasteiger partial charge in [0.15, 0.2) is 5.82 Å². The van der Waals surface area contributed by atoms with Crippen molar-refractivity contribution >= 4 is 43.6 Å². The summed E-state index contributed by atoms with van der Waals surface area (Å²) in [7, 11) is 0. The highest BCUT2D eigenvalue weighted by atomic mass is 15.0. The molecular weight excluding hydrogens is 825 g/mol. The minimum atomic E-state index is 0.691. The van der Waals surface area contributed by atoms with E-state index in [-0.39, 0.29) is 0 Å². The number of hydrogen-bond donors (Lipinski definition) is 0. The molecule has 0 atom stereocenters. The molecule has 13 rings (SSSR count). The van der Waals surface area contributed by atoms with E-state index < -0.39 is 0 Å². The summed E-state index contributed by atoms with van der Waals surface area (Å²) < 4.78 is 4.79. The van der Waals surface area contributed by atoms with E-state index in [9.17, 15) is 0 Å². The zero-order valence-electron chi connectivity index (χ0n) is 37.0. The van der Waals surface area contributed by atoms with E-state index in [1.165, 1.54) is 66.0 Å². The van der Waals surface area contributed by atoms with Gasteiger partial charge in [0.1, 0.15) is 0 Å². The molecule has 0 fully saturated rings. The summed E-state index contributed by atoms with van der Waals surface area (Å²) in [6.45, 7) is 0. The molecule has 10 aromatic carbocycles. The van der Waals surface area contributed by atoms with Crippen LogP contribution in [0.5, 0.6) is 0 Å². The summed E-state index contributed by atoms with van der Waals surface area (Å²) in [5.41, 5.74) is 18.9. The SMILES string of the molecule is c1ccc(-c2ccc3c(c2)c2cc(-c4ccc5c(c4)c4cc(-c6ccccc6)ccc4n5-c4ccc(-c5nc(-c6ccccc6)cc(-c6ccccc6)n5)cc4)ccc2n3-c2ccccc2)cc1. The van der Waals surface area contributed by atoms with Crippen molar-refractivity contribution in [1.29, 1.82) is 0 Å². The second-order valence-electron chi connectivity index (χ2n) is 17.4. The van der Waals surface area contributed by atoms with E-state index in [2.05, 4.69) is 252 Å². The van der Waals surface area contributed by atoms with Crippen molar-refractivity contribution in [3.63, 3.8) is 0 Å². The molecule has 4 heteroatoms. The van der Waals surface area contributed by atoms with Crippen molar-refractivity contribution in [1.82, 2.24) is 19.1 Å². The lowest BCUT2D eigenvalue weighted by molar-refractivity contribution is 1.16. The monoisotopic (exact) mass is 866 g/mol. The topological polar surface area (TPSA) is 35.6 Å². The van der Waals surface area contributed by atoms with Crippen LogP contribution in [0.15, 0.2) is 255 Å². The lowest BCUT2D eigenvalue weighted by atomic mass is 9.98. The molecule has 13 aromatic rings. The average Bonchev–Trinajstić information content (AvgIpc) is 3.93. The summed E-state index contributed by atoms with van der Waals surface area (Å²) in [5.74, 6) is 0.691. The Bertz CT molecular complexity index is 3910. The number of nitrogens with zero attached hydrogens (tertiary/aromatic N) is 4. The number of hydrogen-bond acceptors (Lipinski definition) is 2. The van der Waals surface area contributed by atoms with Crippen LogP contribution in [0.4, 0.5) is 0 Å². The van der Waals surface area contributed by atoms with Crippen LogP contribution >= 0.6 is 0 Å². The highest BCUT2D eigenvalue weighted by Gasteiger charge is 2.19. The fourth-order valence-corrected chi connectivity index (χ4v) is 10.0. The van der Waals surface area contributed by atoms with Crippen LogP contribution in [0.25, 0.3) is 122 Å². The summed E-state index contributed by atoms with van der Waals surface area (Å²) in [4.78, 5) is 10.2. The molecule has 0 saturated carbocycles. The maximum atomic E-state index is 5.12. The standard InChI is InChI=1S/C64H42N4/c1-6-16-43(17-7-1)48-28-34-60-54(38-48)56-40-50(30-36-61(56)67(60)52-24-14-5-15-25-52)51-31-37-63-57(41-51)55-39-49(44-18-8-2-9-19-44)29-35-62(55)68(63)53-32-26-47(27-33-53)64-65-58(45-20-10-3-11-21-45)42-59(66-64)46-22-12-4-13-23-46/h1-42H. The van der Waals surface area contributed by atoms with Gasteiger partial charge in [0.25, 0.3) is 0 Å². The Balaban J connectivity index is 0.959. The summed E-state index contributed by atoms with van der Waals surface area (Å²) in [5, 5.41) is 4.85. The minimum absolute atomic E-state index is 0.691. The van der Waals surface area contributed by atoms with Crippen LogP contribution in [0, 0.1) is 0 Å². The number of para-hydroxylation sites is 1. The number of benzene rings is 10. The molecule has 4 nitrogen and oxygen atoms in total. The van der Waals surface area contributed by atoms with Gasteiger partial charge in [-0.2, -0.15) is 0 Å². The summed E-state index contributed by atoms with van der Waals surface area (Å²) in [6, 6.07) is 91.2. The third kappa shape index (κ3) is 6.86. The lowest BCUT2D eigenvalue weighted by Crippen LogP contribution is -1.97. The van der Waals surface area contributed by atoms with Gasteiger partial charge in [0.2, 0.25) is 0 Å². The van der Waals surface area contributed by atoms with Crippen molar-refractivity contribution in [3.8, 4) is 78.7 Å². The van der Waals surface area contributed by atoms with Crippen molar-refractivity contribution in [2.45, 2.75) is 0 Å². The van der Waals surface area contributed by atoms with E-state index >= 15 is 0 Å². The zero-order chi connectivity index (χ0) is 45.0. The molecule has 0 bridgehead atoms. The normalized spacial score (nSPS) is 11.5. The Morgan fingerprint density at radius 1 is 0.221 bits per heavy atom. The van der Waals surface area contributed by atoms with Crippen LogP contribution in [-0.2, 0) is 0 Å². The molecular formula is C64H42N4. The van der Waals surface area contributed by atoms with E-state index in [1.807, 2.05) is 12.1 Å². The molecule has 0 aliphatic heterocycles. The Hall–Kier alpha value is -9.12. The van der Waals surface area contributed by atoms with Crippen LogP contribution in [0.3, 0.4) is 0 Å². The maximum absolute atomic E-state index is 5.12. The van der Waals surface area contributed by atoms with Crippen molar-refractivity contribution < 1.29 is 0 Å². The van der Waals surface area contributed by atoms with Gasteiger partial charge in [-0.05, 0) is 124 Å². The Kier molecular flexibility index (Phi) is 9.47. The fraction of sp³-hybridized carbons (Fsp3) is 0. The third-order valence-corrected chi connectivity index (χ3v) is 13.3. The van der Waals surface area contributed by atoms with Crippen LogP contribution in [0.1, 0.15) is 0 Å². The molecule has 0 spiro atoms. The molecule has 0 saturated heterocycles. The van der Waals surface area contributed by atoms with E-state index in [0.717, 1.165) is 50.5 Å². The fourth-order valence-electron chi connectivity index (χ4n) is 10.0. The Labute approximate surface area is 394 Å². The van der Waals surface area contributed by atoms with Gasteiger partial charge in [0, 0.05) is 49.6 Å². The van der Waals surface area contributed by atoms with Gasteiger partial charge in [-0.15, -0.1) is 0 Å². The van der Waals surface area contributed by atoms with Gasteiger partial charge in [-0.3, -0.25) is 0 Å². The molecule has 0 unspecified atom stereocenters. The molecule has 3 aromatic heterocycles. The quantitative estimate of drug-likeness (QED) is 0.153. The second-order valence-corrected chi connectivity index (χ2v) is 17.4. The van der Waals surface area contributed by atoms with E-state index in [4.69, 9.17) is 9.97 Å². The Morgan fingerprint density at radius 2 is 0.515 bits per heavy atom.